The fourth-order valence-corrected chi connectivity index (χ4v) is 5.31. The highest BCUT2D eigenvalue weighted by Gasteiger charge is 2.38. The van der Waals surface area contributed by atoms with Gasteiger partial charge in [-0.25, -0.2) is 0 Å². The van der Waals surface area contributed by atoms with Crippen LogP contribution in [0.1, 0.15) is 36.8 Å². The van der Waals surface area contributed by atoms with Crippen molar-refractivity contribution in [2.45, 2.75) is 57.2 Å². The second-order valence-corrected chi connectivity index (χ2v) is 9.97. The molecule has 0 bridgehead atoms. The largest absolute Gasteiger partial charge is 0.480 e. The zero-order valence-corrected chi connectivity index (χ0v) is 21.9. The van der Waals surface area contributed by atoms with Crippen LogP contribution >= 0.6 is 0 Å². The van der Waals surface area contributed by atoms with E-state index in [1.54, 1.807) is 4.90 Å². The van der Waals surface area contributed by atoms with Crippen LogP contribution in [0.4, 0.5) is 0 Å². The number of carbonyl (C=O) groups is 5. The van der Waals surface area contributed by atoms with Crippen LogP contribution in [0.25, 0.3) is 0 Å². The summed E-state index contributed by atoms with van der Waals surface area (Å²) >= 11 is 0. The Kier molecular flexibility index (Phi) is 12.3. The first kappa shape index (κ1) is 31.7. The van der Waals surface area contributed by atoms with Gasteiger partial charge in [0, 0.05) is 24.7 Å². The Labute approximate surface area is 226 Å². The molecule has 0 amide bonds. The van der Waals surface area contributed by atoms with Crippen molar-refractivity contribution < 1.29 is 49.5 Å². The van der Waals surface area contributed by atoms with Gasteiger partial charge in [0.25, 0.3) is 0 Å². The monoisotopic (exact) mass is 551 g/mol. The van der Waals surface area contributed by atoms with Gasteiger partial charge in [-0.05, 0) is 31.7 Å². The van der Waals surface area contributed by atoms with Gasteiger partial charge in [0.1, 0.15) is 0 Å². The van der Waals surface area contributed by atoms with E-state index in [9.17, 15) is 49.5 Å². The summed E-state index contributed by atoms with van der Waals surface area (Å²) in [6, 6.07) is 5.60. The molecule has 1 aliphatic rings. The van der Waals surface area contributed by atoms with Crippen LogP contribution in [-0.2, 0) is 30.4 Å². The minimum absolute atomic E-state index is 0.0180. The molecule has 0 heterocycles. The van der Waals surface area contributed by atoms with Crippen molar-refractivity contribution in [3.63, 3.8) is 0 Å². The van der Waals surface area contributed by atoms with Gasteiger partial charge in [0.05, 0.1) is 32.7 Å². The number of benzene rings is 1. The lowest BCUT2D eigenvalue weighted by Gasteiger charge is -2.45. The quantitative estimate of drug-likeness (QED) is 0.180. The molecule has 0 saturated heterocycles. The van der Waals surface area contributed by atoms with E-state index in [0.717, 1.165) is 11.1 Å². The lowest BCUT2D eigenvalue weighted by Crippen LogP contribution is -2.59. The molecule has 1 fully saturated rings. The third-order valence-corrected chi connectivity index (χ3v) is 6.88. The van der Waals surface area contributed by atoms with Crippen molar-refractivity contribution in [3.05, 3.63) is 35.4 Å². The lowest BCUT2D eigenvalue weighted by molar-refractivity contribution is -0.146. The molecule has 5 N–H and O–H groups in total. The number of rotatable bonds is 17. The fraction of sp³-hybridized carbons (Fsp3) is 0.577. The van der Waals surface area contributed by atoms with E-state index in [0.29, 0.717) is 25.7 Å². The molecule has 3 atom stereocenters. The maximum atomic E-state index is 11.9. The Balaban J connectivity index is 2.48. The predicted octanol–water partition coefficient (Wildman–Crippen LogP) is 0.546. The summed E-state index contributed by atoms with van der Waals surface area (Å²) in [5.41, 5.74) is 1.80. The van der Waals surface area contributed by atoms with E-state index < -0.39 is 80.7 Å². The molecule has 0 radical (unpaired) electrons. The third-order valence-electron chi connectivity index (χ3n) is 6.88. The number of hydrogen-bond donors (Lipinski definition) is 5. The topological polar surface area (TPSA) is 196 Å². The van der Waals surface area contributed by atoms with E-state index in [1.165, 1.54) is 9.80 Å². The maximum absolute atomic E-state index is 11.9. The third kappa shape index (κ3) is 11.0. The molecular formula is C26H37N3O10. The predicted molar refractivity (Wildman–Crippen MR) is 138 cm³/mol. The van der Waals surface area contributed by atoms with Gasteiger partial charge in [-0.3, -0.25) is 38.7 Å². The highest BCUT2D eigenvalue weighted by molar-refractivity contribution is 5.73. The Bertz CT molecular complexity index is 984. The standard InChI is InChI=1S/C26H37N3O10/c1-17-6-8-18(9-7-17)10-19(27(12-22(30)31)13-23(32)33)11-28(14-24(34)35)20-4-2-3-5-21(20)29(15-25(36)37)16-26(38)39/h6-9,19-21H,2-5,10-16H2,1H3,(H,30,31)(H,32,33)(H,34,35)(H,36,37)(H,38,39). The summed E-state index contributed by atoms with van der Waals surface area (Å²) in [5, 5.41) is 47.6. The molecule has 3 unspecified atom stereocenters. The SMILES string of the molecule is Cc1ccc(CC(CN(CC(=O)O)C2CCCCC2N(CC(=O)O)CC(=O)O)N(CC(=O)O)CC(=O)O)cc1. The average molecular weight is 552 g/mol. The number of aliphatic carboxylic acids is 5. The van der Waals surface area contributed by atoms with Gasteiger partial charge >= 0.3 is 29.8 Å². The molecule has 0 aromatic heterocycles. The van der Waals surface area contributed by atoms with Crippen LogP contribution in [0.15, 0.2) is 24.3 Å². The van der Waals surface area contributed by atoms with Gasteiger partial charge in [-0.1, -0.05) is 42.7 Å². The summed E-state index contributed by atoms with van der Waals surface area (Å²) in [4.78, 5) is 62.5. The summed E-state index contributed by atoms with van der Waals surface area (Å²) in [6.07, 6.45) is 2.58. The minimum atomic E-state index is -1.24. The van der Waals surface area contributed by atoms with Crippen molar-refractivity contribution in [2.75, 3.05) is 39.3 Å². The van der Waals surface area contributed by atoms with Crippen molar-refractivity contribution in [3.8, 4) is 0 Å². The second kappa shape index (κ2) is 15.1. The molecule has 1 aliphatic carbocycles. The van der Waals surface area contributed by atoms with Gasteiger partial charge < -0.3 is 25.5 Å². The number of carboxylic acids is 5. The van der Waals surface area contributed by atoms with Crippen LogP contribution in [-0.4, -0.2) is 127 Å². The van der Waals surface area contributed by atoms with Crippen LogP contribution < -0.4 is 0 Å². The highest BCUT2D eigenvalue weighted by atomic mass is 16.4. The van der Waals surface area contributed by atoms with E-state index >= 15 is 0 Å². The van der Waals surface area contributed by atoms with Crippen LogP contribution in [0.2, 0.25) is 0 Å². The first-order chi connectivity index (χ1) is 18.3. The minimum Gasteiger partial charge on any atom is -0.480 e. The first-order valence-corrected chi connectivity index (χ1v) is 12.7. The number of aryl methyl sites for hydroxylation is 1. The second-order valence-electron chi connectivity index (χ2n) is 9.97. The van der Waals surface area contributed by atoms with E-state index in [-0.39, 0.29) is 13.0 Å². The Morgan fingerprint density at radius 2 is 1.10 bits per heavy atom. The molecule has 1 saturated carbocycles. The van der Waals surface area contributed by atoms with Crippen LogP contribution in [0.5, 0.6) is 0 Å². The van der Waals surface area contributed by atoms with Gasteiger partial charge in [0.15, 0.2) is 0 Å². The Morgan fingerprint density at radius 3 is 1.54 bits per heavy atom. The molecule has 13 heteroatoms. The fourth-order valence-electron chi connectivity index (χ4n) is 5.31. The Hall–Kier alpha value is -3.55. The van der Waals surface area contributed by atoms with Crippen molar-refractivity contribution in [1.29, 1.82) is 0 Å². The number of nitrogens with zero attached hydrogens (tertiary/aromatic N) is 3. The molecule has 0 aliphatic heterocycles. The maximum Gasteiger partial charge on any atom is 0.317 e. The molecule has 1 aromatic carbocycles. The average Bonchev–Trinajstić information content (AvgIpc) is 2.82. The molecule has 13 nitrogen and oxygen atoms in total. The zero-order chi connectivity index (χ0) is 29.1. The van der Waals surface area contributed by atoms with Gasteiger partial charge in [-0.15, -0.1) is 0 Å². The van der Waals surface area contributed by atoms with Crippen LogP contribution in [0, 0.1) is 6.92 Å². The summed E-state index contributed by atoms with van der Waals surface area (Å²) in [5.74, 6) is -6.06. The van der Waals surface area contributed by atoms with Crippen LogP contribution in [0.3, 0.4) is 0 Å². The van der Waals surface area contributed by atoms with Crippen molar-refractivity contribution >= 4 is 29.8 Å². The molecule has 216 valence electrons. The first-order valence-electron chi connectivity index (χ1n) is 12.7. The molecular weight excluding hydrogens is 514 g/mol. The molecule has 39 heavy (non-hydrogen) atoms. The summed E-state index contributed by atoms with van der Waals surface area (Å²) in [7, 11) is 0. The summed E-state index contributed by atoms with van der Waals surface area (Å²) < 4.78 is 0. The molecule has 1 aromatic rings. The number of hydrogen-bond acceptors (Lipinski definition) is 8. The van der Waals surface area contributed by atoms with E-state index in [4.69, 9.17) is 0 Å². The van der Waals surface area contributed by atoms with Gasteiger partial charge in [-0.2, -0.15) is 0 Å². The van der Waals surface area contributed by atoms with Crippen molar-refractivity contribution in [2.24, 2.45) is 0 Å². The summed E-state index contributed by atoms with van der Waals surface area (Å²) in [6.45, 7) is -0.815. The zero-order valence-electron chi connectivity index (χ0n) is 21.9. The number of carboxylic acid groups (broad SMARTS) is 5. The van der Waals surface area contributed by atoms with E-state index in [1.807, 2.05) is 31.2 Å². The van der Waals surface area contributed by atoms with Gasteiger partial charge in [0.2, 0.25) is 0 Å². The molecule has 2 rings (SSSR count). The molecule has 0 spiro atoms. The van der Waals surface area contributed by atoms with Crippen molar-refractivity contribution in [1.82, 2.24) is 14.7 Å². The van der Waals surface area contributed by atoms with E-state index in [2.05, 4.69) is 0 Å². The highest BCUT2D eigenvalue weighted by Crippen LogP contribution is 2.28. The normalized spacial score (nSPS) is 18.3. The smallest absolute Gasteiger partial charge is 0.317 e. The lowest BCUT2D eigenvalue weighted by atomic mass is 9.87. The Morgan fingerprint density at radius 1 is 0.692 bits per heavy atom.